The molecule has 2 amide bonds. The van der Waals surface area contributed by atoms with E-state index in [1.165, 1.54) is 11.8 Å². The molecule has 1 aromatic carbocycles. The number of benzene rings is 1. The van der Waals surface area contributed by atoms with Crippen LogP contribution < -0.4 is 16.0 Å². The zero-order valence-corrected chi connectivity index (χ0v) is 10.5. The Labute approximate surface area is 108 Å². The Morgan fingerprint density at radius 2 is 2.44 bits per heavy atom. The van der Waals surface area contributed by atoms with E-state index < -0.39 is 0 Å². The third kappa shape index (κ3) is 2.73. The van der Waals surface area contributed by atoms with Gasteiger partial charge in [0.25, 0.3) is 0 Å². The maximum absolute atomic E-state index is 11.1. The molecule has 7 heteroatoms. The summed E-state index contributed by atoms with van der Waals surface area (Å²) in [5, 5.41) is 17.0. The van der Waals surface area contributed by atoms with Gasteiger partial charge < -0.3 is 10.6 Å². The Bertz CT molecular complexity index is 549. The second-order valence-electron chi connectivity index (χ2n) is 3.51. The van der Waals surface area contributed by atoms with E-state index >= 15 is 0 Å². The highest BCUT2D eigenvalue weighted by molar-refractivity contribution is 8.13. The van der Waals surface area contributed by atoms with Crippen LogP contribution in [0.3, 0.4) is 0 Å². The Morgan fingerprint density at radius 3 is 3.17 bits per heavy atom. The van der Waals surface area contributed by atoms with E-state index in [1.54, 1.807) is 12.1 Å². The molecule has 0 saturated carbocycles. The van der Waals surface area contributed by atoms with Gasteiger partial charge in [0.05, 0.1) is 5.69 Å². The Kier molecular flexibility index (Phi) is 3.69. The summed E-state index contributed by atoms with van der Waals surface area (Å²) in [7, 11) is 0. The molecule has 6 nitrogen and oxygen atoms in total. The lowest BCUT2D eigenvalue weighted by atomic mass is 10.1. The second kappa shape index (κ2) is 5.42. The number of fused-ring (bicyclic) bond motifs is 1. The van der Waals surface area contributed by atoms with E-state index in [0.29, 0.717) is 11.7 Å². The van der Waals surface area contributed by atoms with Crippen molar-refractivity contribution in [2.45, 2.75) is 6.54 Å². The van der Waals surface area contributed by atoms with Crippen molar-refractivity contribution in [3.05, 3.63) is 23.8 Å². The number of nitriles is 1. The molecule has 1 aliphatic rings. The van der Waals surface area contributed by atoms with Gasteiger partial charge in [-0.05, 0) is 30.0 Å². The maximum atomic E-state index is 11.1. The summed E-state index contributed by atoms with van der Waals surface area (Å²) in [5.74, 6) is 0. The van der Waals surface area contributed by atoms with Crippen molar-refractivity contribution >= 4 is 34.3 Å². The number of urea groups is 1. The van der Waals surface area contributed by atoms with Crippen LogP contribution in [0.1, 0.15) is 5.56 Å². The van der Waals surface area contributed by atoms with Gasteiger partial charge >= 0.3 is 6.03 Å². The number of aliphatic imine (C=N–C) groups is 1. The number of amidine groups is 1. The molecule has 1 aliphatic heterocycles. The first kappa shape index (κ1) is 12.3. The van der Waals surface area contributed by atoms with Crippen molar-refractivity contribution in [1.29, 1.82) is 5.26 Å². The minimum Gasteiger partial charge on any atom is -0.334 e. The second-order valence-corrected chi connectivity index (χ2v) is 4.30. The summed E-state index contributed by atoms with van der Waals surface area (Å²) in [4.78, 5) is 15.4. The van der Waals surface area contributed by atoms with Crippen molar-refractivity contribution in [2.24, 2.45) is 4.99 Å². The monoisotopic (exact) mass is 261 g/mol. The highest BCUT2D eigenvalue weighted by atomic mass is 32.2. The van der Waals surface area contributed by atoms with E-state index in [0.717, 1.165) is 16.9 Å². The highest BCUT2D eigenvalue weighted by Gasteiger charge is 2.13. The Balaban J connectivity index is 2.26. The predicted molar refractivity (Wildman–Crippen MR) is 71.7 cm³/mol. The molecule has 18 heavy (non-hydrogen) atoms. The molecule has 0 saturated heterocycles. The number of thioether (sulfide) groups is 1. The average molecular weight is 261 g/mol. The quantitative estimate of drug-likeness (QED) is 0.311. The van der Waals surface area contributed by atoms with Crippen molar-refractivity contribution in [2.75, 3.05) is 11.6 Å². The zero-order chi connectivity index (χ0) is 13.0. The smallest absolute Gasteiger partial charge is 0.319 e. The fraction of sp³-hybridized carbons (Fsp3) is 0.182. The van der Waals surface area contributed by atoms with Gasteiger partial charge in [-0.2, -0.15) is 5.26 Å². The summed E-state index contributed by atoms with van der Waals surface area (Å²) in [6.07, 6.45) is 3.67. The predicted octanol–water partition coefficient (Wildman–Crippen LogP) is 1.74. The lowest BCUT2D eigenvalue weighted by Crippen LogP contribution is -2.33. The molecular formula is C11H11N5OS. The van der Waals surface area contributed by atoms with Crippen molar-refractivity contribution in [1.82, 2.24) is 10.6 Å². The highest BCUT2D eigenvalue weighted by Crippen LogP contribution is 2.25. The standard InChI is InChI=1S/C11H11N5OS/c1-18-11(14-6-12)15-8-2-3-9-7(4-8)5-13-10(17)16-9/h2-4H,5H2,1H3,(H,14,15)(H2,13,16,17). The van der Waals surface area contributed by atoms with Gasteiger partial charge in [-0.15, -0.1) is 0 Å². The molecular weight excluding hydrogens is 250 g/mol. The van der Waals surface area contributed by atoms with Crippen LogP contribution in [0.4, 0.5) is 16.2 Å². The molecule has 3 N–H and O–H groups in total. The van der Waals surface area contributed by atoms with Gasteiger partial charge in [0.15, 0.2) is 11.4 Å². The Hall–Kier alpha value is -2.20. The van der Waals surface area contributed by atoms with Gasteiger partial charge in [-0.3, -0.25) is 5.32 Å². The topological polar surface area (TPSA) is 89.3 Å². The SMILES string of the molecule is CSC(=Nc1ccc2c(c1)CNC(=O)N2)NC#N. The lowest BCUT2D eigenvalue weighted by Gasteiger charge is -2.18. The first-order valence-corrected chi connectivity index (χ1v) is 6.41. The number of rotatable bonds is 1. The molecule has 92 valence electrons. The molecule has 0 aliphatic carbocycles. The number of hydrogen-bond donors (Lipinski definition) is 3. The van der Waals surface area contributed by atoms with Crippen LogP contribution in [-0.4, -0.2) is 17.5 Å². The molecule has 0 radical (unpaired) electrons. The fourth-order valence-corrected chi connectivity index (χ4v) is 1.89. The van der Waals surface area contributed by atoms with E-state index in [2.05, 4.69) is 20.9 Å². The minimum absolute atomic E-state index is 0.199. The van der Waals surface area contributed by atoms with Crippen LogP contribution in [0.2, 0.25) is 0 Å². The summed E-state index contributed by atoms with van der Waals surface area (Å²) >= 11 is 1.36. The van der Waals surface area contributed by atoms with Crippen LogP contribution in [0, 0.1) is 11.5 Å². The molecule has 1 aromatic rings. The molecule has 2 rings (SSSR count). The first-order valence-electron chi connectivity index (χ1n) is 5.18. The zero-order valence-electron chi connectivity index (χ0n) is 9.65. The molecule has 0 bridgehead atoms. The summed E-state index contributed by atoms with van der Waals surface area (Å²) in [5.41, 5.74) is 2.49. The molecule has 0 spiro atoms. The maximum Gasteiger partial charge on any atom is 0.319 e. The number of anilines is 1. The first-order chi connectivity index (χ1) is 8.72. The van der Waals surface area contributed by atoms with Crippen LogP contribution in [0.5, 0.6) is 0 Å². The molecule has 0 atom stereocenters. The number of carbonyl (C=O) groups is 1. The van der Waals surface area contributed by atoms with Crippen molar-refractivity contribution < 1.29 is 4.79 Å². The Morgan fingerprint density at radius 1 is 1.61 bits per heavy atom. The van der Waals surface area contributed by atoms with Gasteiger partial charge in [-0.25, -0.2) is 9.79 Å². The van der Waals surface area contributed by atoms with Crippen molar-refractivity contribution in [3.8, 4) is 6.19 Å². The van der Waals surface area contributed by atoms with Crippen LogP contribution >= 0.6 is 11.8 Å². The van der Waals surface area contributed by atoms with Crippen LogP contribution in [0.25, 0.3) is 0 Å². The number of amides is 2. The normalized spacial score (nSPS) is 14.0. The summed E-state index contributed by atoms with van der Waals surface area (Å²) in [6.45, 7) is 0.477. The number of carbonyl (C=O) groups excluding carboxylic acids is 1. The van der Waals surface area contributed by atoms with Crippen LogP contribution in [-0.2, 0) is 6.54 Å². The van der Waals surface area contributed by atoms with E-state index in [4.69, 9.17) is 5.26 Å². The van der Waals surface area contributed by atoms with Gasteiger partial charge in [-0.1, -0.05) is 11.8 Å². The average Bonchev–Trinajstić information content (AvgIpc) is 2.38. The number of nitrogens with one attached hydrogen (secondary N) is 3. The third-order valence-electron chi connectivity index (χ3n) is 2.36. The summed E-state index contributed by atoms with van der Waals surface area (Å²) < 4.78 is 0. The fourth-order valence-electron chi connectivity index (χ4n) is 1.55. The van der Waals surface area contributed by atoms with E-state index in [1.807, 2.05) is 18.5 Å². The molecule has 1 heterocycles. The van der Waals surface area contributed by atoms with Gasteiger partial charge in [0.1, 0.15) is 0 Å². The van der Waals surface area contributed by atoms with E-state index in [-0.39, 0.29) is 6.03 Å². The van der Waals surface area contributed by atoms with Gasteiger partial charge in [0, 0.05) is 12.2 Å². The largest absolute Gasteiger partial charge is 0.334 e. The van der Waals surface area contributed by atoms with Crippen LogP contribution in [0.15, 0.2) is 23.2 Å². The van der Waals surface area contributed by atoms with Gasteiger partial charge in [0.2, 0.25) is 0 Å². The van der Waals surface area contributed by atoms with Crippen molar-refractivity contribution in [3.63, 3.8) is 0 Å². The summed E-state index contributed by atoms with van der Waals surface area (Å²) in [6, 6.07) is 5.27. The lowest BCUT2D eigenvalue weighted by molar-refractivity contribution is 0.251. The number of nitrogens with zero attached hydrogens (tertiary/aromatic N) is 2. The third-order valence-corrected chi connectivity index (χ3v) is 2.94. The molecule has 0 unspecified atom stereocenters. The molecule has 0 fully saturated rings. The molecule has 0 aromatic heterocycles. The minimum atomic E-state index is -0.199. The number of hydrogen-bond acceptors (Lipinski definition) is 4. The van der Waals surface area contributed by atoms with E-state index in [9.17, 15) is 4.79 Å².